The van der Waals surface area contributed by atoms with Gasteiger partial charge in [-0.25, -0.2) is 4.79 Å². The third kappa shape index (κ3) is 6.24. The second kappa shape index (κ2) is 8.29. The van der Waals surface area contributed by atoms with Crippen LogP contribution in [0.2, 0.25) is 0 Å². The van der Waals surface area contributed by atoms with Gasteiger partial charge in [0, 0.05) is 12.4 Å². The molecule has 0 aliphatic rings. The van der Waals surface area contributed by atoms with Crippen molar-refractivity contribution in [2.24, 2.45) is 0 Å². The Morgan fingerprint density at radius 2 is 1.96 bits per heavy atom. The predicted molar refractivity (Wildman–Crippen MR) is 96.4 cm³/mol. The molecule has 0 radical (unpaired) electrons. The van der Waals surface area contributed by atoms with Gasteiger partial charge in [0.15, 0.2) is 0 Å². The van der Waals surface area contributed by atoms with Crippen LogP contribution in [0.3, 0.4) is 0 Å². The van der Waals surface area contributed by atoms with E-state index in [0.29, 0.717) is 6.42 Å². The number of carbonyl (C=O) groups excluding carboxylic acids is 1. The first-order valence-corrected chi connectivity index (χ1v) is 8.05. The molecule has 4 heteroatoms. The van der Waals surface area contributed by atoms with Crippen molar-refractivity contribution in [1.29, 1.82) is 0 Å². The monoisotopic (exact) mass is 324 g/mol. The van der Waals surface area contributed by atoms with Crippen LogP contribution in [0.15, 0.2) is 60.9 Å². The molecule has 0 spiro atoms. The fourth-order valence-electron chi connectivity index (χ4n) is 2.21. The van der Waals surface area contributed by atoms with Crippen LogP contribution in [-0.2, 0) is 4.74 Å². The Bertz CT molecular complexity index is 661. The molecule has 0 fully saturated rings. The molecule has 0 aliphatic carbocycles. The highest BCUT2D eigenvalue weighted by Gasteiger charge is 2.20. The van der Waals surface area contributed by atoms with Gasteiger partial charge >= 0.3 is 6.09 Å². The fourth-order valence-corrected chi connectivity index (χ4v) is 2.21. The van der Waals surface area contributed by atoms with Gasteiger partial charge in [0.1, 0.15) is 5.60 Å². The zero-order chi connectivity index (χ0) is 17.4. The number of hydrogen-bond donors (Lipinski definition) is 1. The first kappa shape index (κ1) is 17.7. The summed E-state index contributed by atoms with van der Waals surface area (Å²) in [5.41, 5.74) is 1.55. The van der Waals surface area contributed by atoms with Gasteiger partial charge in [0.05, 0.1) is 6.04 Å². The Labute approximate surface area is 143 Å². The number of nitrogens with one attached hydrogen (secondary N) is 1. The van der Waals surface area contributed by atoms with Gasteiger partial charge in [0.25, 0.3) is 0 Å². The maximum atomic E-state index is 12.1. The number of hydrogen-bond acceptors (Lipinski definition) is 3. The second-order valence-electron chi connectivity index (χ2n) is 6.53. The molecule has 1 atom stereocenters. The van der Waals surface area contributed by atoms with Crippen molar-refractivity contribution in [2.75, 3.05) is 0 Å². The summed E-state index contributed by atoms with van der Waals surface area (Å²) < 4.78 is 5.36. The molecule has 1 amide bonds. The molecule has 2 aromatic rings. The van der Waals surface area contributed by atoms with Crippen molar-refractivity contribution in [3.05, 3.63) is 72.1 Å². The van der Waals surface area contributed by atoms with Crippen LogP contribution in [0.5, 0.6) is 0 Å². The van der Waals surface area contributed by atoms with Crippen molar-refractivity contribution in [3.63, 3.8) is 0 Å². The molecule has 4 nitrogen and oxygen atoms in total. The van der Waals surface area contributed by atoms with E-state index >= 15 is 0 Å². The van der Waals surface area contributed by atoms with E-state index in [-0.39, 0.29) is 6.04 Å². The van der Waals surface area contributed by atoms with Crippen molar-refractivity contribution in [2.45, 2.75) is 38.8 Å². The highest BCUT2D eigenvalue weighted by molar-refractivity contribution is 5.68. The van der Waals surface area contributed by atoms with E-state index in [2.05, 4.69) is 10.3 Å². The summed E-state index contributed by atoms with van der Waals surface area (Å²) in [5.74, 6) is 0. The Hall–Kier alpha value is -2.62. The first-order valence-electron chi connectivity index (χ1n) is 8.05. The Morgan fingerprint density at radius 1 is 1.21 bits per heavy atom. The van der Waals surface area contributed by atoms with E-state index in [1.165, 1.54) is 0 Å². The average molecular weight is 324 g/mol. The fraction of sp³-hybridized carbons (Fsp3) is 0.300. The normalized spacial score (nSPS) is 12.8. The minimum Gasteiger partial charge on any atom is -0.444 e. The minimum absolute atomic E-state index is 0.187. The zero-order valence-corrected chi connectivity index (χ0v) is 14.4. The second-order valence-corrected chi connectivity index (χ2v) is 6.53. The van der Waals surface area contributed by atoms with Crippen LogP contribution >= 0.6 is 0 Å². The van der Waals surface area contributed by atoms with E-state index in [9.17, 15) is 4.79 Å². The molecule has 2 rings (SSSR count). The lowest BCUT2D eigenvalue weighted by Gasteiger charge is -2.23. The molecule has 0 unspecified atom stereocenters. The number of benzene rings is 1. The third-order valence-electron chi connectivity index (χ3n) is 3.26. The molecule has 0 bridgehead atoms. The largest absolute Gasteiger partial charge is 0.444 e. The van der Waals surface area contributed by atoms with Gasteiger partial charge in [0.2, 0.25) is 0 Å². The number of aromatic nitrogens is 1. The van der Waals surface area contributed by atoms with Gasteiger partial charge < -0.3 is 10.1 Å². The number of pyridine rings is 1. The van der Waals surface area contributed by atoms with Gasteiger partial charge in [-0.1, -0.05) is 48.6 Å². The first-order chi connectivity index (χ1) is 11.4. The predicted octanol–water partition coefficient (Wildman–Crippen LogP) is 4.75. The summed E-state index contributed by atoms with van der Waals surface area (Å²) in [5, 5.41) is 2.92. The summed E-state index contributed by atoms with van der Waals surface area (Å²) >= 11 is 0. The summed E-state index contributed by atoms with van der Waals surface area (Å²) in [6.07, 6.45) is 7.79. The number of alkyl carbamates (subject to hydrolysis) is 1. The van der Waals surface area contributed by atoms with Gasteiger partial charge in [-0.3, -0.25) is 4.98 Å². The summed E-state index contributed by atoms with van der Waals surface area (Å²) in [6, 6.07) is 13.7. The summed E-state index contributed by atoms with van der Waals surface area (Å²) in [6.45, 7) is 5.54. The van der Waals surface area contributed by atoms with Crippen LogP contribution in [0.25, 0.3) is 6.08 Å². The molecule has 1 heterocycles. The van der Waals surface area contributed by atoms with Crippen LogP contribution in [0.4, 0.5) is 4.79 Å². The molecule has 126 valence electrons. The van der Waals surface area contributed by atoms with Gasteiger partial charge in [-0.2, -0.15) is 0 Å². The van der Waals surface area contributed by atoms with E-state index in [0.717, 1.165) is 11.1 Å². The maximum absolute atomic E-state index is 12.1. The number of nitrogens with zero attached hydrogens (tertiary/aromatic N) is 1. The standard InChI is InChI=1S/C20H24N2O2/c1-20(2,3)24-19(23)22-18(17-12-8-14-21-15-17)13-7-11-16-9-5-4-6-10-16/h4-12,14-15,18H,13H2,1-3H3,(H,22,23)/b11-7+/t18-/m1/s1. The van der Waals surface area contributed by atoms with Crippen molar-refractivity contribution >= 4 is 12.2 Å². The third-order valence-corrected chi connectivity index (χ3v) is 3.26. The molecular weight excluding hydrogens is 300 g/mol. The topological polar surface area (TPSA) is 51.2 Å². The average Bonchev–Trinajstić information content (AvgIpc) is 2.54. The highest BCUT2D eigenvalue weighted by Crippen LogP contribution is 2.18. The van der Waals surface area contributed by atoms with E-state index < -0.39 is 11.7 Å². The molecule has 0 saturated carbocycles. The number of carbonyl (C=O) groups is 1. The summed E-state index contributed by atoms with van der Waals surface area (Å²) in [7, 11) is 0. The van der Waals surface area contributed by atoms with E-state index in [1.54, 1.807) is 12.4 Å². The lowest BCUT2D eigenvalue weighted by molar-refractivity contribution is 0.0504. The SMILES string of the molecule is CC(C)(C)OC(=O)N[C@H](C/C=C/c1ccccc1)c1cccnc1. The molecule has 1 aromatic heterocycles. The van der Waals surface area contributed by atoms with Crippen molar-refractivity contribution < 1.29 is 9.53 Å². The summed E-state index contributed by atoms with van der Waals surface area (Å²) in [4.78, 5) is 16.2. The smallest absolute Gasteiger partial charge is 0.408 e. The molecule has 0 aliphatic heterocycles. The molecular formula is C20H24N2O2. The van der Waals surface area contributed by atoms with E-state index in [4.69, 9.17) is 4.74 Å². The Morgan fingerprint density at radius 3 is 2.58 bits per heavy atom. The molecule has 1 N–H and O–H groups in total. The molecule has 0 saturated heterocycles. The number of ether oxygens (including phenoxy) is 1. The molecule has 24 heavy (non-hydrogen) atoms. The van der Waals surface area contributed by atoms with Crippen LogP contribution in [0, 0.1) is 0 Å². The van der Waals surface area contributed by atoms with Crippen LogP contribution in [0.1, 0.15) is 44.4 Å². The van der Waals surface area contributed by atoms with Crippen LogP contribution < -0.4 is 5.32 Å². The lowest BCUT2D eigenvalue weighted by Crippen LogP contribution is -2.34. The maximum Gasteiger partial charge on any atom is 0.408 e. The van der Waals surface area contributed by atoms with Gasteiger partial charge in [-0.15, -0.1) is 0 Å². The van der Waals surface area contributed by atoms with Gasteiger partial charge in [-0.05, 0) is 44.4 Å². The number of rotatable bonds is 5. The quantitative estimate of drug-likeness (QED) is 0.863. The number of amides is 1. The van der Waals surface area contributed by atoms with Crippen molar-refractivity contribution in [1.82, 2.24) is 10.3 Å². The van der Waals surface area contributed by atoms with Crippen molar-refractivity contribution in [3.8, 4) is 0 Å². The Kier molecular flexibility index (Phi) is 6.13. The lowest BCUT2D eigenvalue weighted by atomic mass is 10.0. The highest BCUT2D eigenvalue weighted by atomic mass is 16.6. The van der Waals surface area contributed by atoms with E-state index in [1.807, 2.05) is 75.4 Å². The van der Waals surface area contributed by atoms with Crippen LogP contribution in [-0.4, -0.2) is 16.7 Å². The minimum atomic E-state index is -0.524. The Balaban J connectivity index is 2.06. The molecule has 1 aromatic carbocycles. The zero-order valence-electron chi connectivity index (χ0n) is 14.4.